The monoisotopic (exact) mass is 416 g/mol. The molecule has 0 aliphatic heterocycles. The van der Waals surface area contributed by atoms with Crippen molar-refractivity contribution in [3.8, 4) is 0 Å². The Bertz CT molecular complexity index is 933. The Hall–Kier alpha value is -2.94. The van der Waals surface area contributed by atoms with E-state index < -0.39 is 0 Å². The number of carbonyl (C=O) groups is 2. The van der Waals surface area contributed by atoms with Crippen molar-refractivity contribution >= 4 is 39.1 Å². The zero-order valence-electron chi connectivity index (χ0n) is 14.0. The third kappa shape index (κ3) is 4.79. The van der Waals surface area contributed by atoms with Crippen LogP contribution < -0.4 is 10.6 Å². The fourth-order valence-corrected chi connectivity index (χ4v) is 2.63. The van der Waals surface area contributed by atoms with E-state index in [9.17, 15) is 9.59 Å². The van der Waals surface area contributed by atoms with E-state index in [0.29, 0.717) is 30.0 Å². The molecule has 0 unspecified atom stereocenters. The number of hydrogen-bond acceptors (Lipinski definition) is 4. The highest BCUT2D eigenvalue weighted by molar-refractivity contribution is 9.10. The lowest BCUT2D eigenvalue weighted by Gasteiger charge is -2.08. The van der Waals surface area contributed by atoms with E-state index in [1.165, 1.54) is 0 Å². The van der Waals surface area contributed by atoms with Gasteiger partial charge in [-0.05, 0) is 40.2 Å². The van der Waals surface area contributed by atoms with Crippen LogP contribution in [0.2, 0.25) is 0 Å². The van der Waals surface area contributed by atoms with Gasteiger partial charge in [-0.15, -0.1) is 0 Å². The van der Waals surface area contributed by atoms with Crippen LogP contribution in [0.5, 0.6) is 0 Å². The van der Waals surface area contributed by atoms with Crippen LogP contribution in [-0.4, -0.2) is 31.4 Å². The molecule has 8 nitrogen and oxygen atoms in total. The first-order valence-electron chi connectivity index (χ1n) is 7.88. The number of nitrogens with one attached hydrogen (secondary N) is 2. The molecule has 0 saturated carbocycles. The summed E-state index contributed by atoms with van der Waals surface area (Å²) in [6, 6.07) is 8.60. The SMILES string of the molecule is Cn1ccc(C(=O)Nc2cccc(NC(=O)CCn3cc(Br)cn3)c2)n1. The summed E-state index contributed by atoms with van der Waals surface area (Å²) >= 11 is 3.31. The number of carbonyl (C=O) groups excluding carboxylic acids is 2. The maximum Gasteiger partial charge on any atom is 0.276 e. The van der Waals surface area contributed by atoms with E-state index in [1.54, 1.807) is 65.3 Å². The van der Waals surface area contributed by atoms with Gasteiger partial charge in [0.2, 0.25) is 5.91 Å². The van der Waals surface area contributed by atoms with Crippen LogP contribution in [0.4, 0.5) is 11.4 Å². The zero-order valence-corrected chi connectivity index (χ0v) is 15.6. The smallest absolute Gasteiger partial charge is 0.276 e. The van der Waals surface area contributed by atoms with Crippen molar-refractivity contribution in [3.63, 3.8) is 0 Å². The number of amides is 2. The molecule has 0 fully saturated rings. The molecule has 2 N–H and O–H groups in total. The molecule has 0 saturated heterocycles. The summed E-state index contributed by atoms with van der Waals surface area (Å²) in [6.45, 7) is 0.480. The number of halogens is 1. The summed E-state index contributed by atoms with van der Waals surface area (Å²) in [6.07, 6.45) is 5.47. The first-order chi connectivity index (χ1) is 12.5. The fraction of sp³-hybridized carbons (Fsp3) is 0.176. The van der Waals surface area contributed by atoms with E-state index >= 15 is 0 Å². The molecular weight excluding hydrogens is 400 g/mol. The van der Waals surface area contributed by atoms with Crippen molar-refractivity contribution in [1.82, 2.24) is 19.6 Å². The Morgan fingerprint density at radius 2 is 1.96 bits per heavy atom. The molecule has 0 atom stereocenters. The Morgan fingerprint density at radius 1 is 1.19 bits per heavy atom. The number of rotatable bonds is 6. The van der Waals surface area contributed by atoms with Gasteiger partial charge in [-0.1, -0.05) is 6.07 Å². The largest absolute Gasteiger partial charge is 0.326 e. The predicted octanol–water partition coefficient (Wildman–Crippen LogP) is 2.66. The van der Waals surface area contributed by atoms with Crippen molar-refractivity contribution in [2.75, 3.05) is 10.6 Å². The molecule has 0 radical (unpaired) electrons. The van der Waals surface area contributed by atoms with Crippen LogP contribution in [-0.2, 0) is 18.4 Å². The molecule has 3 aromatic rings. The summed E-state index contributed by atoms with van der Waals surface area (Å²) in [5.41, 5.74) is 1.51. The van der Waals surface area contributed by atoms with E-state index in [-0.39, 0.29) is 11.8 Å². The molecule has 0 aliphatic rings. The van der Waals surface area contributed by atoms with Gasteiger partial charge in [-0.3, -0.25) is 19.0 Å². The minimum absolute atomic E-state index is 0.134. The van der Waals surface area contributed by atoms with Crippen LogP contribution in [0.15, 0.2) is 53.4 Å². The Labute approximate surface area is 158 Å². The van der Waals surface area contributed by atoms with Gasteiger partial charge in [0.25, 0.3) is 5.91 Å². The summed E-state index contributed by atoms with van der Waals surface area (Å²) in [4.78, 5) is 24.2. The highest BCUT2D eigenvalue weighted by Gasteiger charge is 2.10. The second kappa shape index (κ2) is 7.96. The maximum absolute atomic E-state index is 12.1. The molecule has 0 bridgehead atoms. The van der Waals surface area contributed by atoms with Crippen LogP contribution in [0, 0.1) is 0 Å². The third-order valence-electron chi connectivity index (χ3n) is 3.52. The summed E-state index contributed by atoms with van der Waals surface area (Å²) in [7, 11) is 1.74. The molecule has 0 aliphatic carbocycles. The summed E-state index contributed by atoms with van der Waals surface area (Å²) < 4.78 is 4.12. The van der Waals surface area contributed by atoms with E-state index in [1.807, 2.05) is 0 Å². The Balaban J connectivity index is 1.56. The van der Waals surface area contributed by atoms with Crippen molar-refractivity contribution in [2.45, 2.75) is 13.0 Å². The van der Waals surface area contributed by atoms with E-state index in [0.717, 1.165) is 4.47 Å². The lowest BCUT2D eigenvalue weighted by molar-refractivity contribution is -0.116. The van der Waals surface area contributed by atoms with Gasteiger partial charge in [-0.25, -0.2) is 0 Å². The summed E-state index contributed by atoms with van der Waals surface area (Å²) in [5.74, 6) is -0.442. The van der Waals surface area contributed by atoms with Crippen molar-refractivity contribution in [1.29, 1.82) is 0 Å². The van der Waals surface area contributed by atoms with Crippen molar-refractivity contribution in [3.05, 3.63) is 59.1 Å². The molecule has 2 amide bonds. The first-order valence-corrected chi connectivity index (χ1v) is 8.68. The van der Waals surface area contributed by atoms with Gasteiger partial charge in [0.1, 0.15) is 0 Å². The van der Waals surface area contributed by atoms with Gasteiger partial charge >= 0.3 is 0 Å². The standard InChI is InChI=1S/C17H17BrN6O2/c1-23-7-5-15(22-23)17(26)21-14-4-2-3-13(9-14)20-16(25)6-8-24-11-12(18)10-19-24/h2-5,7,9-11H,6,8H2,1H3,(H,20,25)(H,21,26). The maximum atomic E-state index is 12.1. The van der Waals surface area contributed by atoms with Gasteiger partial charge in [0, 0.05) is 43.8 Å². The van der Waals surface area contributed by atoms with Crippen molar-refractivity contribution < 1.29 is 9.59 Å². The number of aryl methyl sites for hydroxylation is 2. The van der Waals surface area contributed by atoms with Crippen LogP contribution in [0.25, 0.3) is 0 Å². The number of benzene rings is 1. The highest BCUT2D eigenvalue weighted by atomic mass is 79.9. The number of anilines is 2. The lowest BCUT2D eigenvalue weighted by Crippen LogP contribution is -2.16. The van der Waals surface area contributed by atoms with Gasteiger partial charge in [0.05, 0.1) is 10.7 Å². The molecule has 9 heteroatoms. The van der Waals surface area contributed by atoms with E-state index in [4.69, 9.17) is 0 Å². The first kappa shape index (κ1) is 17.9. The average Bonchev–Trinajstić information content (AvgIpc) is 3.22. The minimum atomic E-state index is -0.307. The lowest BCUT2D eigenvalue weighted by atomic mass is 10.2. The molecule has 0 spiro atoms. The van der Waals surface area contributed by atoms with Crippen LogP contribution >= 0.6 is 15.9 Å². The molecule has 134 valence electrons. The fourth-order valence-electron chi connectivity index (χ4n) is 2.31. The number of nitrogens with zero attached hydrogens (tertiary/aromatic N) is 4. The van der Waals surface area contributed by atoms with Crippen LogP contribution in [0.3, 0.4) is 0 Å². The average molecular weight is 417 g/mol. The zero-order chi connectivity index (χ0) is 18.5. The second-order valence-corrected chi connectivity index (χ2v) is 6.55. The topological polar surface area (TPSA) is 93.8 Å². The van der Waals surface area contributed by atoms with Crippen LogP contribution in [0.1, 0.15) is 16.9 Å². The van der Waals surface area contributed by atoms with Crippen molar-refractivity contribution in [2.24, 2.45) is 7.05 Å². The molecule has 2 heterocycles. The van der Waals surface area contributed by atoms with Gasteiger partial charge in [0.15, 0.2) is 5.69 Å². The quantitative estimate of drug-likeness (QED) is 0.645. The number of aromatic nitrogens is 4. The normalized spacial score (nSPS) is 10.5. The second-order valence-electron chi connectivity index (χ2n) is 5.63. The van der Waals surface area contributed by atoms with Gasteiger partial charge in [-0.2, -0.15) is 10.2 Å². The van der Waals surface area contributed by atoms with Gasteiger partial charge < -0.3 is 10.6 Å². The predicted molar refractivity (Wildman–Crippen MR) is 101 cm³/mol. The highest BCUT2D eigenvalue weighted by Crippen LogP contribution is 2.16. The molecule has 1 aromatic carbocycles. The summed E-state index contributed by atoms with van der Waals surface area (Å²) in [5, 5.41) is 13.7. The molecule has 26 heavy (non-hydrogen) atoms. The molecular formula is C17H17BrN6O2. The number of hydrogen-bond donors (Lipinski definition) is 2. The Morgan fingerprint density at radius 3 is 2.62 bits per heavy atom. The molecule has 3 rings (SSSR count). The molecule has 2 aromatic heterocycles. The van der Waals surface area contributed by atoms with E-state index in [2.05, 4.69) is 36.8 Å². The minimum Gasteiger partial charge on any atom is -0.326 e. The third-order valence-corrected chi connectivity index (χ3v) is 3.93. The Kier molecular flexibility index (Phi) is 5.47.